The Morgan fingerprint density at radius 2 is 2.19 bits per heavy atom. The third-order valence-corrected chi connectivity index (χ3v) is 3.08. The summed E-state index contributed by atoms with van der Waals surface area (Å²) in [6.45, 7) is 6.78. The summed E-state index contributed by atoms with van der Waals surface area (Å²) >= 11 is 6.10. The van der Waals surface area contributed by atoms with Crippen LogP contribution in [0.1, 0.15) is 40.0 Å². The lowest BCUT2D eigenvalue weighted by Crippen LogP contribution is -2.38. The normalized spacial score (nSPS) is 27.1. The molecule has 1 aliphatic rings. The van der Waals surface area contributed by atoms with Gasteiger partial charge >= 0.3 is 0 Å². The molecule has 3 unspecified atom stereocenters. The smallest absolute Gasteiger partial charge is 0.249 e. The van der Waals surface area contributed by atoms with Crippen LogP contribution in [0.4, 0.5) is 0 Å². The molecule has 3 nitrogen and oxygen atoms in total. The number of alkyl halides is 1. The molecule has 0 spiro atoms. The van der Waals surface area contributed by atoms with Crippen molar-refractivity contribution in [2.45, 2.75) is 57.6 Å². The molecule has 0 aromatic carbocycles. The lowest BCUT2D eigenvalue weighted by Gasteiger charge is -2.15. The van der Waals surface area contributed by atoms with Crippen molar-refractivity contribution in [2.24, 2.45) is 5.92 Å². The maximum atomic E-state index is 11.7. The van der Waals surface area contributed by atoms with Gasteiger partial charge in [0.2, 0.25) is 5.91 Å². The molecule has 1 saturated heterocycles. The van der Waals surface area contributed by atoms with E-state index in [1.807, 2.05) is 6.92 Å². The van der Waals surface area contributed by atoms with Crippen LogP contribution >= 0.6 is 11.6 Å². The number of rotatable bonds is 5. The Labute approximate surface area is 103 Å². The van der Waals surface area contributed by atoms with E-state index in [0.29, 0.717) is 12.5 Å². The van der Waals surface area contributed by atoms with E-state index in [9.17, 15) is 4.79 Å². The molecule has 1 aliphatic heterocycles. The lowest BCUT2D eigenvalue weighted by molar-refractivity contribution is -0.131. The minimum Gasteiger partial charge on any atom is -0.365 e. The molecule has 0 bridgehead atoms. The first-order valence-corrected chi connectivity index (χ1v) is 6.50. The van der Waals surface area contributed by atoms with Gasteiger partial charge in [-0.15, -0.1) is 11.6 Å². The quantitative estimate of drug-likeness (QED) is 0.758. The minimum absolute atomic E-state index is 0.0150. The molecule has 0 radical (unpaired) electrons. The summed E-state index contributed by atoms with van der Waals surface area (Å²) in [6, 6.07) is 0. The second-order valence-corrected chi connectivity index (χ2v) is 5.60. The van der Waals surface area contributed by atoms with Crippen LogP contribution in [-0.2, 0) is 9.53 Å². The van der Waals surface area contributed by atoms with Crippen LogP contribution in [0.3, 0.4) is 0 Å². The Bertz CT molecular complexity index is 233. The molecule has 1 amide bonds. The molecule has 1 N–H and O–H groups in total. The molecule has 1 rings (SSSR count). The molecule has 0 aliphatic carbocycles. The number of hydrogen-bond donors (Lipinski definition) is 1. The first kappa shape index (κ1) is 13.8. The van der Waals surface area contributed by atoms with Crippen LogP contribution in [0.25, 0.3) is 0 Å². The summed E-state index contributed by atoms with van der Waals surface area (Å²) in [6.07, 6.45) is 2.65. The van der Waals surface area contributed by atoms with Gasteiger partial charge in [0.1, 0.15) is 6.10 Å². The van der Waals surface area contributed by atoms with E-state index >= 15 is 0 Å². The molecule has 0 saturated carbocycles. The van der Waals surface area contributed by atoms with Crippen molar-refractivity contribution in [1.82, 2.24) is 5.32 Å². The summed E-state index contributed by atoms with van der Waals surface area (Å²) in [4.78, 5) is 11.7. The van der Waals surface area contributed by atoms with Crippen molar-refractivity contribution < 1.29 is 9.53 Å². The third kappa shape index (κ3) is 4.71. The van der Waals surface area contributed by atoms with Crippen molar-refractivity contribution >= 4 is 17.5 Å². The molecule has 3 atom stereocenters. The van der Waals surface area contributed by atoms with E-state index in [0.717, 1.165) is 19.3 Å². The number of carbonyl (C=O) groups excluding carboxylic acids is 1. The molecule has 1 heterocycles. The highest BCUT2D eigenvalue weighted by molar-refractivity contribution is 6.20. The monoisotopic (exact) mass is 247 g/mol. The molecule has 0 aromatic rings. The number of halogens is 1. The second-order valence-electron chi connectivity index (χ2n) is 4.98. The first-order chi connectivity index (χ1) is 7.49. The molecule has 0 aromatic heterocycles. The molecular weight excluding hydrogens is 226 g/mol. The minimum atomic E-state index is -0.266. The van der Waals surface area contributed by atoms with Crippen LogP contribution in [0, 0.1) is 5.92 Å². The first-order valence-electron chi connectivity index (χ1n) is 6.06. The highest BCUT2D eigenvalue weighted by atomic mass is 35.5. The molecule has 1 fully saturated rings. The van der Waals surface area contributed by atoms with Gasteiger partial charge in [0.05, 0.1) is 11.5 Å². The predicted octanol–water partition coefficient (Wildman–Crippen LogP) is 2.32. The average Bonchev–Trinajstić information content (AvgIpc) is 2.60. The van der Waals surface area contributed by atoms with Crippen molar-refractivity contribution in [3.05, 3.63) is 0 Å². The Hall–Kier alpha value is -0.280. The number of ether oxygens (including phenoxy) is 1. The van der Waals surface area contributed by atoms with Gasteiger partial charge in [0.25, 0.3) is 0 Å². The molecule has 94 valence electrons. The zero-order chi connectivity index (χ0) is 12.1. The van der Waals surface area contributed by atoms with E-state index in [-0.39, 0.29) is 23.5 Å². The van der Waals surface area contributed by atoms with E-state index in [1.165, 1.54) is 0 Å². The largest absolute Gasteiger partial charge is 0.365 e. The van der Waals surface area contributed by atoms with E-state index in [4.69, 9.17) is 16.3 Å². The van der Waals surface area contributed by atoms with Crippen LogP contribution in [0.15, 0.2) is 0 Å². The maximum Gasteiger partial charge on any atom is 0.249 e. The highest BCUT2D eigenvalue weighted by Crippen LogP contribution is 2.19. The van der Waals surface area contributed by atoms with Crippen molar-refractivity contribution in [1.29, 1.82) is 0 Å². The van der Waals surface area contributed by atoms with Gasteiger partial charge in [-0.25, -0.2) is 0 Å². The SMILES string of the molecule is CC(C)CC(Cl)CNC(=O)C1CCC(C)O1. The van der Waals surface area contributed by atoms with Crippen molar-refractivity contribution in [3.63, 3.8) is 0 Å². The fraction of sp³-hybridized carbons (Fsp3) is 0.917. The van der Waals surface area contributed by atoms with Crippen LogP contribution in [0.2, 0.25) is 0 Å². The summed E-state index contributed by atoms with van der Waals surface area (Å²) < 4.78 is 5.48. The van der Waals surface area contributed by atoms with Gasteiger partial charge < -0.3 is 10.1 Å². The number of amides is 1. The van der Waals surface area contributed by atoms with Crippen molar-refractivity contribution in [3.8, 4) is 0 Å². The summed E-state index contributed by atoms with van der Waals surface area (Å²) in [7, 11) is 0. The van der Waals surface area contributed by atoms with Gasteiger partial charge in [0, 0.05) is 6.54 Å². The zero-order valence-corrected chi connectivity index (χ0v) is 11.1. The van der Waals surface area contributed by atoms with Gasteiger partial charge in [-0.2, -0.15) is 0 Å². The fourth-order valence-electron chi connectivity index (χ4n) is 1.92. The fourth-order valence-corrected chi connectivity index (χ4v) is 2.35. The maximum absolute atomic E-state index is 11.7. The third-order valence-electron chi connectivity index (χ3n) is 2.75. The zero-order valence-electron chi connectivity index (χ0n) is 10.3. The van der Waals surface area contributed by atoms with Gasteiger partial charge in [-0.3, -0.25) is 4.79 Å². The Morgan fingerprint density at radius 1 is 1.50 bits per heavy atom. The van der Waals surface area contributed by atoms with E-state index in [1.54, 1.807) is 0 Å². The lowest BCUT2D eigenvalue weighted by atomic mass is 10.1. The van der Waals surface area contributed by atoms with Crippen molar-refractivity contribution in [2.75, 3.05) is 6.54 Å². The molecule has 16 heavy (non-hydrogen) atoms. The summed E-state index contributed by atoms with van der Waals surface area (Å²) in [5.74, 6) is 0.543. The van der Waals surface area contributed by atoms with Gasteiger partial charge in [-0.1, -0.05) is 13.8 Å². The summed E-state index contributed by atoms with van der Waals surface area (Å²) in [5.41, 5.74) is 0. The van der Waals surface area contributed by atoms with Crippen LogP contribution in [0.5, 0.6) is 0 Å². The summed E-state index contributed by atoms with van der Waals surface area (Å²) in [5, 5.41) is 2.87. The van der Waals surface area contributed by atoms with E-state index < -0.39 is 0 Å². The van der Waals surface area contributed by atoms with Crippen LogP contribution < -0.4 is 5.32 Å². The predicted molar refractivity (Wildman–Crippen MR) is 65.7 cm³/mol. The second kappa shape index (κ2) is 6.45. The van der Waals surface area contributed by atoms with Gasteiger partial charge in [0.15, 0.2) is 0 Å². The molecular formula is C12H22ClNO2. The van der Waals surface area contributed by atoms with E-state index in [2.05, 4.69) is 19.2 Å². The Balaban J connectivity index is 2.19. The Morgan fingerprint density at radius 3 is 2.69 bits per heavy atom. The topological polar surface area (TPSA) is 38.3 Å². The van der Waals surface area contributed by atoms with Crippen LogP contribution in [-0.4, -0.2) is 30.0 Å². The number of nitrogens with one attached hydrogen (secondary N) is 1. The standard InChI is InChI=1S/C12H22ClNO2/c1-8(2)6-10(13)7-14-12(15)11-5-4-9(3)16-11/h8-11H,4-7H2,1-3H3,(H,14,15). The number of carbonyl (C=O) groups is 1. The number of hydrogen-bond acceptors (Lipinski definition) is 2. The highest BCUT2D eigenvalue weighted by Gasteiger charge is 2.28. The average molecular weight is 248 g/mol. The van der Waals surface area contributed by atoms with Gasteiger partial charge in [-0.05, 0) is 32.1 Å². The Kier molecular flexibility index (Phi) is 5.56. The molecule has 4 heteroatoms.